The van der Waals surface area contributed by atoms with Crippen LogP contribution < -0.4 is 11.1 Å². The van der Waals surface area contributed by atoms with Crippen LogP contribution in [0.15, 0.2) is 27.8 Å². The third-order valence-electron chi connectivity index (χ3n) is 2.23. The van der Waals surface area contributed by atoms with Crippen molar-refractivity contribution in [2.75, 3.05) is 11.9 Å². The number of oxime groups is 1. The highest BCUT2D eigenvalue weighted by Crippen LogP contribution is 2.25. The highest BCUT2D eigenvalue weighted by Gasteiger charge is 2.00. The smallest absolute Gasteiger partial charge is 0.139 e. The minimum atomic E-state index is 0.272. The summed E-state index contributed by atoms with van der Waals surface area (Å²) < 4.78 is 0.985. The van der Waals surface area contributed by atoms with Gasteiger partial charge in [-0.25, -0.2) is 0 Å². The number of amidine groups is 1. The van der Waals surface area contributed by atoms with Gasteiger partial charge in [-0.3, -0.25) is 0 Å². The van der Waals surface area contributed by atoms with E-state index in [1.54, 1.807) is 0 Å². The Kier molecular flexibility index (Phi) is 6.15. The number of hydrogen-bond acceptors (Lipinski definition) is 3. The number of halogens is 2. The molecule has 0 heterocycles. The van der Waals surface area contributed by atoms with Crippen LogP contribution in [0.3, 0.4) is 0 Å². The van der Waals surface area contributed by atoms with Crippen LogP contribution in [0, 0.1) is 0 Å². The van der Waals surface area contributed by atoms with Crippen molar-refractivity contribution in [2.45, 2.75) is 19.3 Å². The van der Waals surface area contributed by atoms with E-state index < -0.39 is 0 Å². The Morgan fingerprint density at radius 1 is 1.47 bits per heavy atom. The normalized spacial score (nSPS) is 11.5. The number of anilines is 1. The second kappa shape index (κ2) is 7.40. The summed E-state index contributed by atoms with van der Waals surface area (Å²) in [4.78, 5) is 0. The lowest BCUT2D eigenvalue weighted by atomic mass is 10.2. The van der Waals surface area contributed by atoms with Crippen molar-refractivity contribution in [3.8, 4) is 0 Å². The first kappa shape index (κ1) is 14.1. The number of unbranched alkanes of at least 4 members (excludes halogenated alkanes) is 1. The highest BCUT2D eigenvalue weighted by molar-refractivity contribution is 9.10. The predicted octanol–water partition coefficient (Wildman–Crippen LogP) is 3.43. The number of nitrogens with one attached hydrogen (secondary N) is 1. The SMILES string of the molecule is N/C(CCCCNc1cc(Cl)ccc1Br)=N/O. The number of nitrogens with two attached hydrogens (primary N) is 1. The van der Waals surface area contributed by atoms with E-state index in [0.717, 1.165) is 29.5 Å². The maximum atomic E-state index is 8.36. The fourth-order valence-electron chi connectivity index (χ4n) is 1.34. The van der Waals surface area contributed by atoms with Gasteiger partial charge in [0.15, 0.2) is 0 Å². The molecule has 0 radical (unpaired) electrons. The number of hydrogen-bond donors (Lipinski definition) is 3. The van der Waals surface area contributed by atoms with E-state index in [-0.39, 0.29) is 5.84 Å². The van der Waals surface area contributed by atoms with E-state index >= 15 is 0 Å². The third-order valence-corrected chi connectivity index (χ3v) is 3.16. The molecule has 1 aromatic rings. The van der Waals surface area contributed by atoms with Gasteiger partial charge in [0, 0.05) is 28.1 Å². The van der Waals surface area contributed by atoms with Crippen molar-refractivity contribution in [3.63, 3.8) is 0 Å². The second-order valence-corrected chi connectivity index (χ2v) is 4.89. The molecule has 94 valence electrons. The molecular formula is C11H15BrClN3O. The van der Waals surface area contributed by atoms with Crippen molar-refractivity contribution < 1.29 is 5.21 Å². The van der Waals surface area contributed by atoms with Crippen LogP contribution in [-0.4, -0.2) is 17.6 Å². The van der Waals surface area contributed by atoms with Gasteiger partial charge in [-0.1, -0.05) is 16.8 Å². The van der Waals surface area contributed by atoms with E-state index in [2.05, 4.69) is 26.4 Å². The molecule has 6 heteroatoms. The number of nitrogens with zero attached hydrogens (tertiary/aromatic N) is 1. The lowest BCUT2D eigenvalue weighted by Gasteiger charge is -2.08. The first-order valence-electron chi connectivity index (χ1n) is 5.29. The maximum Gasteiger partial charge on any atom is 0.139 e. The zero-order chi connectivity index (χ0) is 12.7. The molecule has 0 bridgehead atoms. The van der Waals surface area contributed by atoms with Gasteiger partial charge in [-0.05, 0) is 47.0 Å². The quantitative estimate of drug-likeness (QED) is 0.247. The van der Waals surface area contributed by atoms with Gasteiger partial charge in [0.1, 0.15) is 5.84 Å². The largest absolute Gasteiger partial charge is 0.409 e. The van der Waals surface area contributed by atoms with Crippen molar-refractivity contribution in [1.82, 2.24) is 0 Å². The van der Waals surface area contributed by atoms with Gasteiger partial charge in [0.05, 0.1) is 0 Å². The van der Waals surface area contributed by atoms with Crippen LogP contribution in [0.5, 0.6) is 0 Å². The fourth-order valence-corrected chi connectivity index (χ4v) is 1.90. The van der Waals surface area contributed by atoms with Gasteiger partial charge in [0.2, 0.25) is 0 Å². The average molecular weight is 321 g/mol. The van der Waals surface area contributed by atoms with Crippen LogP contribution >= 0.6 is 27.5 Å². The Labute approximate surface area is 114 Å². The Morgan fingerprint density at radius 3 is 2.94 bits per heavy atom. The van der Waals surface area contributed by atoms with Gasteiger partial charge >= 0.3 is 0 Å². The van der Waals surface area contributed by atoms with E-state index in [9.17, 15) is 0 Å². The molecule has 0 saturated heterocycles. The van der Waals surface area contributed by atoms with Crippen LogP contribution in [0.1, 0.15) is 19.3 Å². The van der Waals surface area contributed by atoms with Crippen molar-refractivity contribution in [2.24, 2.45) is 10.9 Å². The summed E-state index contributed by atoms with van der Waals surface area (Å²) in [5, 5.41) is 15.3. The fraction of sp³-hybridized carbons (Fsp3) is 0.364. The Morgan fingerprint density at radius 2 is 2.24 bits per heavy atom. The number of benzene rings is 1. The van der Waals surface area contributed by atoms with Crippen LogP contribution in [0.25, 0.3) is 0 Å². The Balaban J connectivity index is 2.29. The first-order chi connectivity index (χ1) is 8.13. The zero-order valence-electron chi connectivity index (χ0n) is 9.29. The lowest BCUT2D eigenvalue weighted by molar-refractivity contribution is 0.316. The topological polar surface area (TPSA) is 70.6 Å². The molecule has 17 heavy (non-hydrogen) atoms. The van der Waals surface area contributed by atoms with Crippen LogP contribution in [-0.2, 0) is 0 Å². The molecule has 0 aliphatic carbocycles. The molecule has 0 aliphatic rings. The van der Waals surface area contributed by atoms with E-state index in [1.807, 2.05) is 18.2 Å². The molecule has 1 aromatic carbocycles. The summed E-state index contributed by atoms with van der Waals surface area (Å²) in [5.41, 5.74) is 6.34. The molecule has 0 aliphatic heterocycles. The highest BCUT2D eigenvalue weighted by atomic mass is 79.9. The van der Waals surface area contributed by atoms with Gasteiger partial charge in [-0.15, -0.1) is 0 Å². The van der Waals surface area contributed by atoms with E-state index in [0.29, 0.717) is 11.4 Å². The number of rotatable bonds is 6. The minimum absolute atomic E-state index is 0.272. The molecule has 0 atom stereocenters. The molecule has 0 aromatic heterocycles. The zero-order valence-corrected chi connectivity index (χ0v) is 11.6. The molecule has 1 rings (SSSR count). The predicted molar refractivity (Wildman–Crippen MR) is 74.9 cm³/mol. The van der Waals surface area contributed by atoms with Gasteiger partial charge in [-0.2, -0.15) is 0 Å². The Bertz CT molecular complexity index is 398. The summed E-state index contributed by atoms with van der Waals surface area (Å²) in [5.74, 6) is 0.272. The average Bonchev–Trinajstić information content (AvgIpc) is 2.32. The molecule has 4 nitrogen and oxygen atoms in total. The summed E-state index contributed by atoms with van der Waals surface area (Å²) in [6.07, 6.45) is 2.42. The van der Waals surface area contributed by atoms with E-state index in [1.165, 1.54) is 0 Å². The standard InChI is InChI=1S/C11H15BrClN3O/c12-9-5-4-8(13)7-10(9)15-6-2-1-3-11(14)16-17/h4-5,7,15,17H,1-3,6H2,(H2,14,16). The van der Waals surface area contributed by atoms with Crippen LogP contribution in [0.2, 0.25) is 5.02 Å². The molecule has 0 amide bonds. The molecule has 4 N–H and O–H groups in total. The molecular weight excluding hydrogens is 305 g/mol. The minimum Gasteiger partial charge on any atom is -0.409 e. The summed E-state index contributed by atoms with van der Waals surface area (Å²) in [6.45, 7) is 0.817. The monoisotopic (exact) mass is 319 g/mol. The molecule has 0 fully saturated rings. The lowest BCUT2D eigenvalue weighted by Crippen LogP contribution is -2.11. The van der Waals surface area contributed by atoms with E-state index in [4.69, 9.17) is 22.5 Å². The van der Waals surface area contributed by atoms with Crippen LogP contribution in [0.4, 0.5) is 5.69 Å². The van der Waals surface area contributed by atoms with Crippen molar-refractivity contribution >= 4 is 39.1 Å². The van der Waals surface area contributed by atoms with Gasteiger partial charge in [0.25, 0.3) is 0 Å². The second-order valence-electron chi connectivity index (χ2n) is 3.60. The van der Waals surface area contributed by atoms with Crippen molar-refractivity contribution in [3.05, 3.63) is 27.7 Å². The maximum absolute atomic E-state index is 8.36. The van der Waals surface area contributed by atoms with Crippen molar-refractivity contribution in [1.29, 1.82) is 0 Å². The Hall–Kier alpha value is -0.940. The molecule has 0 spiro atoms. The summed E-state index contributed by atoms with van der Waals surface area (Å²) in [7, 11) is 0. The first-order valence-corrected chi connectivity index (χ1v) is 6.46. The summed E-state index contributed by atoms with van der Waals surface area (Å²) in [6, 6.07) is 5.60. The molecule has 0 unspecified atom stereocenters. The molecule has 0 saturated carbocycles. The van der Waals surface area contributed by atoms with Gasteiger partial charge < -0.3 is 16.3 Å². The third kappa shape index (κ3) is 5.28. The summed E-state index contributed by atoms with van der Waals surface area (Å²) >= 11 is 9.34.